The quantitative estimate of drug-likeness (QED) is 0.583. The maximum absolute atomic E-state index is 12.1. The molecule has 0 fully saturated rings. The molecular weight excluding hydrogens is 228 g/mol. The summed E-state index contributed by atoms with van der Waals surface area (Å²) in [7, 11) is 0. The van der Waals surface area contributed by atoms with Gasteiger partial charge in [0.1, 0.15) is 6.20 Å². The van der Waals surface area contributed by atoms with E-state index >= 15 is 0 Å². The predicted octanol–water partition coefficient (Wildman–Crippen LogP) is 1.87. The average molecular weight is 229 g/mol. The van der Waals surface area contributed by atoms with Crippen LogP contribution in [0.15, 0.2) is 17.2 Å². The van der Waals surface area contributed by atoms with Gasteiger partial charge in [-0.3, -0.25) is 4.79 Å². The van der Waals surface area contributed by atoms with Crippen LogP contribution < -0.4 is 5.32 Å². The number of carbonyl (C=O) groups excluding carboxylic acids is 1. The minimum atomic E-state index is -5.26. The molecule has 1 heterocycles. The maximum Gasteiger partial charge on any atom is 0.419 e. The van der Waals surface area contributed by atoms with E-state index in [2.05, 4.69) is 5.32 Å². The lowest BCUT2D eigenvalue weighted by atomic mass is 10.0. The Morgan fingerprint density at radius 1 is 1.07 bits per heavy atom. The number of alkyl halides is 6. The van der Waals surface area contributed by atoms with E-state index < -0.39 is 29.4 Å². The maximum atomic E-state index is 12.1. The van der Waals surface area contributed by atoms with Crippen LogP contribution in [0.4, 0.5) is 26.3 Å². The molecule has 15 heavy (non-hydrogen) atoms. The third-order valence-electron chi connectivity index (χ3n) is 1.40. The van der Waals surface area contributed by atoms with Crippen LogP contribution in [0, 0.1) is 6.20 Å². The van der Waals surface area contributed by atoms with Crippen molar-refractivity contribution in [1.82, 2.24) is 5.32 Å². The molecule has 1 aliphatic heterocycles. The molecule has 0 aromatic rings. The second kappa shape index (κ2) is 3.28. The van der Waals surface area contributed by atoms with E-state index in [9.17, 15) is 31.1 Å². The highest BCUT2D eigenvalue weighted by atomic mass is 19.4. The van der Waals surface area contributed by atoms with Crippen LogP contribution in [0.5, 0.6) is 0 Å². The molecule has 0 aromatic carbocycles. The van der Waals surface area contributed by atoms with Gasteiger partial charge in [-0.1, -0.05) is 0 Å². The van der Waals surface area contributed by atoms with Crippen molar-refractivity contribution in [2.24, 2.45) is 0 Å². The van der Waals surface area contributed by atoms with Crippen molar-refractivity contribution in [2.75, 3.05) is 0 Å². The molecule has 0 bridgehead atoms. The lowest BCUT2D eigenvalue weighted by molar-refractivity contribution is -0.125. The van der Waals surface area contributed by atoms with Crippen LogP contribution in [-0.4, -0.2) is 18.3 Å². The Hall–Kier alpha value is -1.47. The largest absolute Gasteiger partial charge is 0.419 e. The Kier molecular flexibility index (Phi) is 2.54. The molecule has 0 N–H and O–H groups in total. The van der Waals surface area contributed by atoms with Crippen LogP contribution in [0.2, 0.25) is 0 Å². The summed E-state index contributed by atoms with van der Waals surface area (Å²) in [5, 5.41) is 2.52. The number of hydrogen-bond donors (Lipinski definition) is 0. The van der Waals surface area contributed by atoms with E-state index in [0.717, 1.165) is 6.20 Å². The number of carbonyl (C=O) groups is 1. The number of rotatable bonds is 0. The van der Waals surface area contributed by atoms with Gasteiger partial charge >= 0.3 is 12.4 Å². The first-order valence-corrected chi connectivity index (χ1v) is 3.36. The molecule has 0 spiro atoms. The van der Waals surface area contributed by atoms with Gasteiger partial charge in [-0.2, -0.15) is 26.3 Å². The van der Waals surface area contributed by atoms with Crippen molar-refractivity contribution in [3.63, 3.8) is 0 Å². The molecule has 0 unspecified atom stereocenters. The molecule has 2 radical (unpaired) electrons. The zero-order valence-electron chi connectivity index (χ0n) is 6.70. The van der Waals surface area contributed by atoms with Gasteiger partial charge in [0, 0.05) is 6.08 Å². The monoisotopic (exact) mass is 229 g/mol. The summed E-state index contributed by atoms with van der Waals surface area (Å²) >= 11 is 0. The summed E-state index contributed by atoms with van der Waals surface area (Å²) in [4.78, 5) is 10.4. The molecular formula is C7HF6NO. The van der Waals surface area contributed by atoms with Gasteiger partial charge < -0.3 is 0 Å². The van der Waals surface area contributed by atoms with Crippen LogP contribution in [0.3, 0.4) is 0 Å². The standard InChI is InChI=1S/C7HF6NO/c8-6(9,10)3-1-5(15)14-2-4(3)7(11,12)13/h1H. The van der Waals surface area contributed by atoms with E-state index in [1.807, 2.05) is 0 Å². The third-order valence-corrected chi connectivity index (χ3v) is 1.40. The summed E-state index contributed by atoms with van der Waals surface area (Å²) in [6, 6.07) is 0. The Morgan fingerprint density at radius 2 is 1.60 bits per heavy atom. The summed E-state index contributed by atoms with van der Waals surface area (Å²) in [6.45, 7) is 0. The van der Waals surface area contributed by atoms with Gasteiger partial charge in [-0.25, -0.2) is 5.32 Å². The number of amides is 1. The first kappa shape index (κ1) is 11.6. The fourth-order valence-corrected chi connectivity index (χ4v) is 0.839. The number of hydrogen-bond acceptors (Lipinski definition) is 1. The van der Waals surface area contributed by atoms with Gasteiger partial charge in [0.05, 0.1) is 11.1 Å². The zero-order chi connectivity index (χ0) is 11.9. The van der Waals surface area contributed by atoms with Gasteiger partial charge in [-0.05, 0) is 0 Å². The SMILES string of the molecule is O=C1C=C(C(F)(F)F)C(C(F)(F)F)=[C][N]1. The smallest absolute Gasteiger partial charge is 0.267 e. The molecule has 82 valence electrons. The Morgan fingerprint density at radius 3 is 2.00 bits per heavy atom. The summed E-state index contributed by atoms with van der Waals surface area (Å²) in [5.74, 6) is -1.42. The van der Waals surface area contributed by atoms with Crippen molar-refractivity contribution in [1.29, 1.82) is 0 Å². The van der Waals surface area contributed by atoms with Gasteiger partial charge in [0.15, 0.2) is 0 Å². The lowest BCUT2D eigenvalue weighted by Crippen LogP contribution is -2.29. The van der Waals surface area contributed by atoms with Crippen molar-refractivity contribution in [2.45, 2.75) is 12.4 Å². The van der Waals surface area contributed by atoms with Crippen molar-refractivity contribution < 1.29 is 31.1 Å². The molecule has 0 saturated carbocycles. The highest BCUT2D eigenvalue weighted by Gasteiger charge is 2.48. The van der Waals surface area contributed by atoms with Gasteiger partial charge in [0.2, 0.25) is 0 Å². The van der Waals surface area contributed by atoms with E-state index in [-0.39, 0.29) is 6.08 Å². The van der Waals surface area contributed by atoms with Crippen molar-refractivity contribution in [3.05, 3.63) is 23.4 Å². The van der Waals surface area contributed by atoms with E-state index in [0.29, 0.717) is 0 Å². The molecule has 0 aliphatic carbocycles. The Labute approximate surface area is 79.2 Å². The van der Waals surface area contributed by atoms with Crippen molar-refractivity contribution >= 4 is 5.91 Å². The van der Waals surface area contributed by atoms with E-state index in [1.165, 1.54) is 0 Å². The van der Waals surface area contributed by atoms with E-state index in [1.54, 1.807) is 0 Å². The molecule has 0 aromatic heterocycles. The van der Waals surface area contributed by atoms with Gasteiger partial charge in [0.25, 0.3) is 5.91 Å². The van der Waals surface area contributed by atoms with Crippen LogP contribution in [0.1, 0.15) is 0 Å². The van der Waals surface area contributed by atoms with Crippen LogP contribution >= 0.6 is 0 Å². The molecule has 0 atom stereocenters. The second-order valence-electron chi connectivity index (χ2n) is 2.49. The normalized spacial score (nSPS) is 18.1. The van der Waals surface area contributed by atoms with Crippen LogP contribution in [-0.2, 0) is 4.79 Å². The summed E-state index contributed by atoms with van der Waals surface area (Å²) in [5.41, 5.74) is -4.16. The predicted molar refractivity (Wildman–Crippen MR) is 34.1 cm³/mol. The fraction of sp³-hybridized carbons (Fsp3) is 0.286. The average Bonchev–Trinajstić information content (AvgIpc) is 2.00. The summed E-state index contributed by atoms with van der Waals surface area (Å²) in [6.07, 6.45) is -9.67. The first-order valence-electron chi connectivity index (χ1n) is 3.36. The third kappa shape index (κ3) is 2.51. The fourth-order valence-electron chi connectivity index (χ4n) is 0.839. The number of halogens is 6. The minimum absolute atomic E-state index is 0.209. The van der Waals surface area contributed by atoms with Gasteiger partial charge in [-0.15, -0.1) is 0 Å². The molecule has 2 nitrogen and oxygen atoms in total. The lowest BCUT2D eigenvalue weighted by Gasteiger charge is -2.18. The highest BCUT2D eigenvalue weighted by molar-refractivity contribution is 5.91. The Bertz CT molecular complexity index is 347. The second-order valence-corrected chi connectivity index (χ2v) is 2.49. The molecule has 1 amide bonds. The van der Waals surface area contributed by atoms with Crippen LogP contribution in [0.25, 0.3) is 0 Å². The first-order chi connectivity index (χ1) is 6.62. The van der Waals surface area contributed by atoms with E-state index in [4.69, 9.17) is 0 Å². The molecule has 8 heteroatoms. The topological polar surface area (TPSA) is 31.2 Å². The zero-order valence-corrected chi connectivity index (χ0v) is 6.70. The summed E-state index contributed by atoms with van der Waals surface area (Å²) < 4.78 is 72.3. The Balaban J connectivity index is 3.19. The molecule has 1 aliphatic rings. The number of nitrogens with zero attached hydrogens (tertiary/aromatic N) is 1. The molecule has 1 rings (SSSR count). The van der Waals surface area contributed by atoms with Crippen molar-refractivity contribution in [3.8, 4) is 0 Å². The highest BCUT2D eigenvalue weighted by Crippen LogP contribution is 2.40. The molecule has 0 saturated heterocycles. The minimum Gasteiger partial charge on any atom is -0.267 e. The number of allylic oxidation sites excluding steroid dienone is 2.